The Balaban J connectivity index is 1.90. The maximum atomic E-state index is 9.06. The Bertz CT molecular complexity index is 1090. The lowest BCUT2D eigenvalue weighted by atomic mass is 9.86. The van der Waals surface area contributed by atoms with Crippen LogP contribution in [0.4, 0.5) is 0 Å². The highest BCUT2D eigenvalue weighted by Crippen LogP contribution is 2.37. The molecule has 0 aliphatic rings. The quantitative estimate of drug-likeness (QED) is 0.315. The Morgan fingerprint density at radius 3 is 1.09 bits per heavy atom. The summed E-state index contributed by atoms with van der Waals surface area (Å²) in [4.78, 5) is 0. The van der Waals surface area contributed by atoms with Crippen molar-refractivity contribution in [3.8, 4) is 11.5 Å². The summed E-state index contributed by atoms with van der Waals surface area (Å²) in [6.45, 7) is 0.488. The average Bonchev–Trinajstić information content (AvgIpc) is 2.91. The van der Waals surface area contributed by atoms with Gasteiger partial charge in [-0.15, -0.1) is 0 Å². The molecule has 0 heterocycles. The summed E-state index contributed by atoms with van der Waals surface area (Å²) in [6.07, 6.45) is 0. The van der Waals surface area contributed by atoms with Crippen molar-refractivity contribution in [2.45, 2.75) is 0 Å². The minimum atomic E-state index is -0.0207. The molecule has 0 saturated carbocycles. The molecule has 0 atom stereocenters. The van der Waals surface area contributed by atoms with E-state index in [4.69, 9.17) is 19.7 Å². The first-order valence-electron chi connectivity index (χ1n) is 11.3. The second kappa shape index (κ2) is 11.8. The minimum Gasteiger partial charge on any atom is -0.491 e. The summed E-state index contributed by atoms with van der Waals surface area (Å²) in [5.74, 6) is 1.44. The van der Waals surface area contributed by atoms with E-state index in [9.17, 15) is 0 Å². The molecule has 34 heavy (non-hydrogen) atoms. The van der Waals surface area contributed by atoms with Gasteiger partial charge in [-0.2, -0.15) is 0 Å². The number of hydrogen-bond donors (Lipinski definition) is 2. The lowest BCUT2D eigenvalue weighted by molar-refractivity contribution is 0.201. The first kappa shape index (κ1) is 23.3. The van der Waals surface area contributed by atoms with Crippen molar-refractivity contribution >= 4 is 11.1 Å². The molecule has 172 valence electrons. The third-order valence-corrected chi connectivity index (χ3v) is 5.38. The third kappa shape index (κ3) is 5.73. The van der Waals surface area contributed by atoms with Crippen molar-refractivity contribution in [3.05, 3.63) is 131 Å². The van der Waals surface area contributed by atoms with Gasteiger partial charge in [-0.05, 0) is 57.7 Å². The largest absolute Gasteiger partial charge is 0.491 e. The molecule has 0 saturated heterocycles. The van der Waals surface area contributed by atoms with Gasteiger partial charge >= 0.3 is 0 Å². The van der Waals surface area contributed by atoms with Crippen LogP contribution in [0, 0.1) is 0 Å². The van der Waals surface area contributed by atoms with E-state index in [1.807, 2.05) is 60.7 Å². The predicted octanol–water partition coefficient (Wildman–Crippen LogP) is 5.44. The van der Waals surface area contributed by atoms with Gasteiger partial charge in [0.25, 0.3) is 0 Å². The molecule has 4 rings (SSSR count). The van der Waals surface area contributed by atoms with Crippen LogP contribution in [-0.2, 0) is 0 Å². The van der Waals surface area contributed by atoms with Crippen LogP contribution in [0.1, 0.15) is 22.3 Å². The van der Waals surface area contributed by atoms with Crippen LogP contribution in [0.15, 0.2) is 109 Å². The Hall–Kier alpha value is -3.86. The van der Waals surface area contributed by atoms with Gasteiger partial charge in [-0.3, -0.25) is 0 Å². The molecule has 0 amide bonds. The molecule has 0 aromatic heterocycles. The fourth-order valence-electron chi connectivity index (χ4n) is 3.88. The first-order valence-corrected chi connectivity index (χ1v) is 11.3. The SMILES string of the molecule is OCCOc1ccc(C(=C(c2ccccc2)c2ccc(OCCO)cc2)c2ccccc2)cc1. The average molecular weight is 453 g/mol. The molecule has 4 aromatic rings. The van der Waals surface area contributed by atoms with E-state index >= 15 is 0 Å². The van der Waals surface area contributed by atoms with E-state index in [0.717, 1.165) is 44.9 Å². The summed E-state index contributed by atoms with van der Waals surface area (Å²) in [5.41, 5.74) is 6.52. The fourth-order valence-corrected chi connectivity index (χ4v) is 3.88. The monoisotopic (exact) mass is 452 g/mol. The zero-order chi connectivity index (χ0) is 23.6. The van der Waals surface area contributed by atoms with E-state index in [-0.39, 0.29) is 26.4 Å². The van der Waals surface area contributed by atoms with Crippen LogP contribution in [0.3, 0.4) is 0 Å². The number of rotatable bonds is 10. The van der Waals surface area contributed by atoms with Crippen LogP contribution in [0.5, 0.6) is 11.5 Å². The Morgan fingerprint density at radius 1 is 0.441 bits per heavy atom. The molecule has 4 nitrogen and oxygen atoms in total. The molecule has 4 heteroatoms. The molecule has 0 spiro atoms. The van der Waals surface area contributed by atoms with E-state index < -0.39 is 0 Å². The first-order chi connectivity index (χ1) is 16.8. The van der Waals surface area contributed by atoms with Gasteiger partial charge in [-0.1, -0.05) is 84.9 Å². The normalized spacial score (nSPS) is 11.6. The highest BCUT2D eigenvalue weighted by Gasteiger charge is 2.16. The second-order valence-corrected chi connectivity index (χ2v) is 7.67. The number of ether oxygens (including phenoxy) is 2. The van der Waals surface area contributed by atoms with Crippen molar-refractivity contribution in [3.63, 3.8) is 0 Å². The summed E-state index contributed by atoms with van der Waals surface area (Å²) in [6, 6.07) is 36.6. The number of hydrogen-bond acceptors (Lipinski definition) is 4. The zero-order valence-corrected chi connectivity index (χ0v) is 18.9. The van der Waals surface area contributed by atoms with Crippen LogP contribution in [-0.4, -0.2) is 36.6 Å². The maximum absolute atomic E-state index is 9.06. The molecule has 4 aromatic carbocycles. The zero-order valence-electron chi connectivity index (χ0n) is 18.9. The van der Waals surface area contributed by atoms with E-state index in [1.165, 1.54) is 0 Å². The summed E-state index contributed by atoms with van der Waals surface area (Å²) >= 11 is 0. The standard InChI is InChI=1S/C30H28O4/c31-19-21-33-27-15-11-25(12-16-27)29(23-7-3-1-4-8-23)30(24-9-5-2-6-10-24)26-13-17-28(18-14-26)34-22-20-32/h1-18,31-32H,19-22H2. The molecule has 0 bridgehead atoms. The Kier molecular flexibility index (Phi) is 8.12. The van der Waals surface area contributed by atoms with Crippen molar-refractivity contribution in [2.75, 3.05) is 26.4 Å². The topological polar surface area (TPSA) is 58.9 Å². The highest BCUT2D eigenvalue weighted by molar-refractivity contribution is 6.04. The third-order valence-electron chi connectivity index (χ3n) is 5.38. The van der Waals surface area contributed by atoms with Gasteiger partial charge in [0.05, 0.1) is 13.2 Å². The van der Waals surface area contributed by atoms with Crippen molar-refractivity contribution in [1.82, 2.24) is 0 Å². The lowest BCUT2D eigenvalue weighted by Crippen LogP contribution is -2.02. The summed E-state index contributed by atoms with van der Waals surface area (Å²) in [5, 5.41) is 18.1. The minimum absolute atomic E-state index is 0.0207. The predicted molar refractivity (Wildman–Crippen MR) is 136 cm³/mol. The molecule has 0 aliphatic carbocycles. The van der Waals surface area contributed by atoms with Gasteiger partial charge in [0.1, 0.15) is 24.7 Å². The van der Waals surface area contributed by atoms with Crippen molar-refractivity contribution < 1.29 is 19.7 Å². The Morgan fingerprint density at radius 2 is 0.765 bits per heavy atom. The van der Waals surface area contributed by atoms with Gasteiger partial charge < -0.3 is 19.7 Å². The molecule has 0 radical (unpaired) electrons. The molecule has 0 unspecified atom stereocenters. The van der Waals surface area contributed by atoms with E-state index in [1.54, 1.807) is 0 Å². The van der Waals surface area contributed by atoms with Crippen LogP contribution >= 0.6 is 0 Å². The van der Waals surface area contributed by atoms with E-state index in [2.05, 4.69) is 48.5 Å². The van der Waals surface area contributed by atoms with Crippen molar-refractivity contribution in [1.29, 1.82) is 0 Å². The fraction of sp³-hybridized carbons (Fsp3) is 0.133. The van der Waals surface area contributed by atoms with Gasteiger partial charge in [-0.25, -0.2) is 0 Å². The van der Waals surface area contributed by atoms with Gasteiger partial charge in [0.15, 0.2) is 0 Å². The van der Waals surface area contributed by atoms with Crippen molar-refractivity contribution in [2.24, 2.45) is 0 Å². The van der Waals surface area contributed by atoms with Gasteiger partial charge in [0.2, 0.25) is 0 Å². The molecular formula is C30H28O4. The van der Waals surface area contributed by atoms with Crippen LogP contribution < -0.4 is 9.47 Å². The number of benzene rings is 4. The summed E-state index contributed by atoms with van der Waals surface area (Å²) < 4.78 is 11.1. The summed E-state index contributed by atoms with van der Waals surface area (Å²) in [7, 11) is 0. The maximum Gasteiger partial charge on any atom is 0.119 e. The molecular weight excluding hydrogens is 424 g/mol. The Labute approximate surface area is 200 Å². The second-order valence-electron chi connectivity index (χ2n) is 7.67. The highest BCUT2D eigenvalue weighted by atomic mass is 16.5. The van der Waals surface area contributed by atoms with Crippen LogP contribution in [0.25, 0.3) is 11.1 Å². The molecule has 2 N–H and O–H groups in total. The lowest BCUT2D eigenvalue weighted by Gasteiger charge is -2.19. The molecule has 0 fully saturated rings. The smallest absolute Gasteiger partial charge is 0.119 e. The van der Waals surface area contributed by atoms with E-state index in [0.29, 0.717) is 0 Å². The number of aliphatic hydroxyl groups is 2. The number of aliphatic hydroxyl groups excluding tert-OH is 2. The van der Waals surface area contributed by atoms with Crippen LogP contribution in [0.2, 0.25) is 0 Å². The molecule has 0 aliphatic heterocycles. The van der Waals surface area contributed by atoms with Gasteiger partial charge in [0, 0.05) is 0 Å².